The number of carbonyl (C=O) groups excluding carboxylic acids is 1. The molecule has 1 aliphatic heterocycles. The average Bonchev–Trinajstić information content (AvgIpc) is 2.93. The van der Waals surface area contributed by atoms with Crippen molar-refractivity contribution >= 4 is 22.4 Å². The number of pyridine rings is 1. The lowest BCUT2D eigenvalue weighted by atomic mass is 10.1. The van der Waals surface area contributed by atoms with Gasteiger partial charge in [-0.15, -0.1) is 0 Å². The van der Waals surface area contributed by atoms with Gasteiger partial charge >= 0.3 is 6.18 Å². The molecule has 0 aliphatic carbocycles. The monoisotopic (exact) mass is 335 g/mol. The Morgan fingerprint density at radius 2 is 2.12 bits per heavy atom. The molecular formula is C16H12F3N3O2. The van der Waals surface area contributed by atoms with Crippen molar-refractivity contribution in [3.05, 3.63) is 36.2 Å². The van der Waals surface area contributed by atoms with Crippen molar-refractivity contribution in [1.82, 2.24) is 4.98 Å². The van der Waals surface area contributed by atoms with Gasteiger partial charge in [0.15, 0.2) is 6.10 Å². The third kappa shape index (κ3) is 2.67. The number of amides is 1. The van der Waals surface area contributed by atoms with Gasteiger partial charge in [0.2, 0.25) is 5.91 Å². The smallest absolute Gasteiger partial charge is 0.382 e. The second kappa shape index (κ2) is 5.76. The second-order valence-electron chi connectivity index (χ2n) is 5.53. The molecule has 1 aliphatic rings. The summed E-state index contributed by atoms with van der Waals surface area (Å²) in [6, 6.07) is 6.71. The number of alkyl halides is 3. The van der Waals surface area contributed by atoms with Crippen molar-refractivity contribution in [2.45, 2.75) is 31.2 Å². The van der Waals surface area contributed by atoms with E-state index < -0.39 is 24.2 Å². The molecule has 5 nitrogen and oxygen atoms in total. The first kappa shape index (κ1) is 16.2. The molecule has 1 amide bonds. The van der Waals surface area contributed by atoms with E-state index in [1.165, 1.54) is 18.3 Å². The summed E-state index contributed by atoms with van der Waals surface area (Å²) in [7, 11) is 0. The molecule has 2 heterocycles. The molecule has 0 spiro atoms. The fourth-order valence-corrected chi connectivity index (χ4v) is 2.96. The first-order chi connectivity index (χ1) is 11.3. The molecule has 3 rings (SSSR count). The van der Waals surface area contributed by atoms with Gasteiger partial charge in [-0.1, -0.05) is 0 Å². The van der Waals surface area contributed by atoms with E-state index in [1.54, 1.807) is 12.1 Å². The Morgan fingerprint density at radius 3 is 2.79 bits per heavy atom. The number of anilines is 1. The first-order valence-electron chi connectivity index (χ1n) is 7.18. The summed E-state index contributed by atoms with van der Waals surface area (Å²) < 4.78 is 38.5. The quantitative estimate of drug-likeness (QED) is 0.915. The minimum absolute atomic E-state index is 0.0599. The zero-order chi connectivity index (χ0) is 17.5. The normalized spacial score (nSPS) is 19.5. The topological polar surface area (TPSA) is 77.2 Å². The molecule has 8 heteroatoms. The van der Waals surface area contributed by atoms with E-state index in [4.69, 9.17) is 5.26 Å². The van der Waals surface area contributed by atoms with Crippen LogP contribution in [0.1, 0.15) is 18.5 Å². The fraction of sp³-hybridized carbons (Fsp3) is 0.312. The molecule has 24 heavy (non-hydrogen) atoms. The van der Waals surface area contributed by atoms with Crippen LogP contribution in [0, 0.1) is 11.3 Å². The molecule has 1 aromatic carbocycles. The molecular weight excluding hydrogens is 323 g/mol. The third-order valence-corrected chi connectivity index (χ3v) is 4.09. The number of aromatic nitrogens is 1. The minimum Gasteiger partial charge on any atom is -0.382 e. The molecule has 1 aromatic heterocycles. The summed E-state index contributed by atoms with van der Waals surface area (Å²) in [6.45, 7) is 0. The number of benzene rings is 1. The highest BCUT2D eigenvalue weighted by atomic mass is 19.4. The highest BCUT2D eigenvalue weighted by Gasteiger charge is 2.49. The number of nitriles is 1. The lowest BCUT2D eigenvalue weighted by Gasteiger charge is -2.30. The Morgan fingerprint density at radius 1 is 1.38 bits per heavy atom. The van der Waals surface area contributed by atoms with Gasteiger partial charge in [-0.25, -0.2) is 4.98 Å². The van der Waals surface area contributed by atoms with Crippen LogP contribution < -0.4 is 4.90 Å². The van der Waals surface area contributed by atoms with E-state index in [9.17, 15) is 23.1 Å². The standard InChI is InChI=1S/C16H12F3N3O2/c17-16(18,19)15(24)13-3-4-14(23)22(13)10-1-2-11-9(7-10)5-6-21-12(11)8-20/h1-2,5-7,13,15,24H,3-4H2/t13-,15-/m1/s1. The van der Waals surface area contributed by atoms with Gasteiger partial charge in [0.1, 0.15) is 11.8 Å². The number of halogens is 3. The molecule has 1 fully saturated rings. The number of nitrogens with zero attached hydrogens (tertiary/aromatic N) is 3. The lowest BCUT2D eigenvalue weighted by Crippen LogP contribution is -2.48. The Kier molecular flexibility index (Phi) is 3.89. The first-order valence-corrected chi connectivity index (χ1v) is 7.18. The number of hydrogen-bond donors (Lipinski definition) is 1. The van der Waals surface area contributed by atoms with Gasteiger partial charge in [0, 0.05) is 23.7 Å². The van der Waals surface area contributed by atoms with Gasteiger partial charge in [0.05, 0.1) is 6.04 Å². The predicted molar refractivity (Wildman–Crippen MR) is 79.0 cm³/mol. The summed E-state index contributed by atoms with van der Waals surface area (Å²) in [5.74, 6) is -0.475. The second-order valence-corrected chi connectivity index (χ2v) is 5.53. The number of hydrogen-bond acceptors (Lipinski definition) is 4. The predicted octanol–water partition coefficient (Wildman–Crippen LogP) is 2.53. The van der Waals surface area contributed by atoms with Gasteiger partial charge in [-0.3, -0.25) is 4.79 Å². The van der Waals surface area contributed by atoms with Crippen molar-refractivity contribution in [3.8, 4) is 6.07 Å². The van der Waals surface area contributed by atoms with E-state index >= 15 is 0 Å². The van der Waals surface area contributed by atoms with Gasteiger partial charge < -0.3 is 10.0 Å². The maximum absolute atomic E-state index is 12.8. The zero-order valence-corrected chi connectivity index (χ0v) is 12.3. The Balaban J connectivity index is 2.04. The molecule has 0 bridgehead atoms. The Labute approximate surface area is 134 Å². The summed E-state index contributed by atoms with van der Waals surface area (Å²) >= 11 is 0. The van der Waals surface area contributed by atoms with Crippen LogP contribution in [-0.4, -0.2) is 34.3 Å². The molecule has 1 N–H and O–H groups in total. The van der Waals surface area contributed by atoms with Crippen molar-refractivity contribution < 1.29 is 23.1 Å². The van der Waals surface area contributed by atoms with Crippen LogP contribution in [0.15, 0.2) is 30.5 Å². The Hall–Kier alpha value is -2.66. The zero-order valence-electron chi connectivity index (χ0n) is 12.3. The van der Waals surface area contributed by atoms with Gasteiger partial charge in [-0.2, -0.15) is 18.4 Å². The average molecular weight is 335 g/mol. The summed E-state index contributed by atoms with van der Waals surface area (Å²) in [5.41, 5.74) is 0.451. The molecule has 0 saturated carbocycles. The minimum atomic E-state index is -4.80. The van der Waals surface area contributed by atoms with Crippen molar-refractivity contribution in [1.29, 1.82) is 5.26 Å². The van der Waals surface area contributed by atoms with E-state index in [0.29, 0.717) is 10.8 Å². The van der Waals surface area contributed by atoms with Crippen LogP contribution in [-0.2, 0) is 4.79 Å². The number of aliphatic hydroxyl groups is 1. The van der Waals surface area contributed by atoms with E-state index in [0.717, 1.165) is 4.90 Å². The summed E-state index contributed by atoms with van der Waals surface area (Å²) in [6.07, 6.45) is -6.12. The molecule has 124 valence electrons. The summed E-state index contributed by atoms with van der Waals surface area (Å²) in [5, 5.41) is 19.7. The highest BCUT2D eigenvalue weighted by molar-refractivity contribution is 5.99. The highest BCUT2D eigenvalue weighted by Crippen LogP contribution is 2.35. The van der Waals surface area contributed by atoms with Crippen LogP contribution >= 0.6 is 0 Å². The van der Waals surface area contributed by atoms with E-state index in [2.05, 4.69) is 4.98 Å². The number of carbonyl (C=O) groups is 1. The number of rotatable bonds is 2. The van der Waals surface area contributed by atoms with E-state index in [-0.39, 0.29) is 24.2 Å². The van der Waals surface area contributed by atoms with Crippen LogP contribution in [0.2, 0.25) is 0 Å². The van der Waals surface area contributed by atoms with Crippen molar-refractivity contribution in [2.24, 2.45) is 0 Å². The van der Waals surface area contributed by atoms with Gasteiger partial charge in [-0.05, 0) is 36.1 Å². The number of fused-ring (bicyclic) bond motifs is 1. The molecule has 2 atom stereocenters. The largest absolute Gasteiger partial charge is 0.416 e. The van der Waals surface area contributed by atoms with E-state index in [1.807, 2.05) is 6.07 Å². The Bertz CT molecular complexity index is 845. The maximum Gasteiger partial charge on any atom is 0.416 e. The van der Waals surface area contributed by atoms with Crippen LogP contribution in [0.5, 0.6) is 0 Å². The maximum atomic E-state index is 12.8. The molecule has 2 aromatic rings. The van der Waals surface area contributed by atoms with Crippen LogP contribution in [0.3, 0.4) is 0 Å². The fourth-order valence-electron chi connectivity index (χ4n) is 2.96. The SMILES string of the molecule is N#Cc1nccc2cc(N3C(=O)CC[C@@H]3[C@@H](O)C(F)(F)F)ccc12. The molecule has 1 saturated heterocycles. The number of aliphatic hydroxyl groups excluding tert-OH is 1. The van der Waals surface area contributed by atoms with Crippen LogP contribution in [0.4, 0.5) is 18.9 Å². The third-order valence-electron chi connectivity index (χ3n) is 4.09. The summed E-state index contributed by atoms with van der Waals surface area (Å²) in [4.78, 5) is 17.0. The van der Waals surface area contributed by atoms with Crippen molar-refractivity contribution in [3.63, 3.8) is 0 Å². The van der Waals surface area contributed by atoms with Crippen molar-refractivity contribution in [2.75, 3.05) is 4.90 Å². The van der Waals surface area contributed by atoms with Crippen LogP contribution in [0.25, 0.3) is 10.8 Å². The molecule has 0 unspecified atom stereocenters. The lowest BCUT2D eigenvalue weighted by molar-refractivity contribution is -0.209. The van der Waals surface area contributed by atoms with Gasteiger partial charge in [0.25, 0.3) is 0 Å². The molecule has 0 radical (unpaired) electrons.